The first kappa shape index (κ1) is 15.4. The Hall–Kier alpha value is -3.13. The minimum absolute atomic E-state index is 0.447. The summed E-state index contributed by atoms with van der Waals surface area (Å²) in [6, 6.07) is 9.80. The molecule has 0 aliphatic heterocycles. The van der Waals surface area contributed by atoms with Crippen molar-refractivity contribution in [1.29, 1.82) is 0 Å². The van der Waals surface area contributed by atoms with Gasteiger partial charge >= 0.3 is 0 Å². The zero-order chi connectivity index (χ0) is 17.4. The van der Waals surface area contributed by atoms with Gasteiger partial charge in [-0.1, -0.05) is 11.3 Å². The molecule has 0 aliphatic carbocycles. The Balaban J connectivity index is 1.85. The van der Waals surface area contributed by atoms with E-state index in [9.17, 15) is 0 Å². The number of hydrogen-bond acceptors (Lipinski definition) is 7. The van der Waals surface area contributed by atoms with Crippen LogP contribution in [0.3, 0.4) is 0 Å². The molecule has 25 heavy (non-hydrogen) atoms. The highest BCUT2D eigenvalue weighted by Crippen LogP contribution is 2.35. The van der Waals surface area contributed by atoms with Crippen LogP contribution in [0.25, 0.3) is 32.7 Å². The molecule has 7 nitrogen and oxygen atoms in total. The Kier molecular flexibility index (Phi) is 3.73. The number of pyridine rings is 1. The van der Waals surface area contributed by atoms with Gasteiger partial charge in [0.05, 0.1) is 19.9 Å². The standard InChI is InChI=1S/C17H15N5O2S/c1-23-14-6-5-13(20-15(14)24-2)11-8-19-12-4-3-9(7-10(11)12)16-21-22-17(18)25-16/h3-8,19H,1-2H3,(H2,18,22). The lowest BCUT2D eigenvalue weighted by Crippen LogP contribution is -1.94. The third-order valence-corrected chi connectivity index (χ3v) is 4.69. The number of hydrogen-bond donors (Lipinski definition) is 2. The average molecular weight is 353 g/mol. The quantitative estimate of drug-likeness (QED) is 0.584. The van der Waals surface area contributed by atoms with Crippen LogP contribution in [0.4, 0.5) is 5.13 Å². The number of anilines is 1. The predicted molar refractivity (Wildman–Crippen MR) is 97.9 cm³/mol. The summed E-state index contributed by atoms with van der Waals surface area (Å²) < 4.78 is 10.6. The molecule has 3 aromatic heterocycles. The number of nitrogens with one attached hydrogen (secondary N) is 1. The molecule has 0 saturated carbocycles. The Morgan fingerprint density at radius 1 is 1.08 bits per heavy atom. The summed E-state index contributed by atoms with van der Waals surface area (Å²) in [5.74, 6) is 1.04. The zero-order valence-electron chi connectivity index (χ0n) is 13.6. The van der Waals surface area contributed by atoms with Crippen LogP contribution in [0.2, 0.25) is 0 Å². The fourth-order valence-corrected chi connectivity index (χ4v) is 3.30. The van der Waals surface area contributed by atoms with Crippen molar-refractivity contribution in [3.05, 3.63) is 36.5 Å². The molecule has 0 saturated heterocycles. The van der Waals surface area contributed by atoms with Gasteiger partial charge in [0.25, 0.3) is 5.88 Å². The second kappa shape index (κ2) is 6.06. The SMILES string of the molecule is COc1ccc(-c2c[nH]c3ccc(-c4nnc(N)s4)cc23)nc1OC. The number of nitrogen functional groups attached to an aromatic ring is 1. The summed E-state index contributed by atoms with van der Waals surface area (Å²) in [4.78, 5) is 7.82. The molecule has 0 amide bonds. The fourth-order valence-electron chi connectivity index (χ4n) is 2.70. The summed E-state index contributed by atoms with van der Waals surface area (Å²) in [6.45, 7) is 0. The normalized spacial score (nSPS) is 11.0. The lowest BCUT2D eigenvalue weighted by Gasteiger charge is -2.08. The van der Waals surface area contributed by atoms with E-state index in [0.29, 0.717) is 16.8 Å². The zero-order valence-corrected chi connectivity index (χ0v) is 14.4. The third-order valence-electron chi connectivity index (χ3n) is 3.88. The smallest absolute Gasteiger partial charge is 0.257 e. The molecule has 126 valence electrons. The summed E-state index contributed by atoms with van der Waals surface area (Å²) in [7, 11) is 3.16. The lowest BCUT2D eigenvalue weighted by molar-refractivity contribution is 0.343. The predicted octanol–water partition coefficient (Wildman–Crippen LogP) is 3.35. The topological polar surface area (TPSA) is 98.9 Å². The molecule has 0 unspecified atom stereocenters. The summed E-state index contributed by atoms with van der Waals surface area (Å²) in [5, 5.41) is 10.3. The number of nitrogens with zero attached hydrogens (tertiary/aromatic N) is 3. The van der Waals surface area contributed by atoms with E-state index in [4.69, 9.17) is 15.2 Å². The van der Waals surface area contributed by atoms with Crippen LogP contribution in [-0.4, -0.2) is 34.4 Å². The summed E-state index contributed by atoms with van der Waals surface area (Å²) in [6.07, 6.45) is 1.93. The van der Waals surface area contributed by atoms with Crippen molar-refractivity contribution in [3.8, 4) is 33.5 Å². The molecule has 4 rings (SSSR count). The number of aromatic amines is 1. The van der Waals surface area contributed by atoms with Crippen molar-refractivity contribution in [2.24, 2.45) is 0 Å². The third kappa shape index (κ3) is 2.66. The minimum Gasteiger partial charge on any atom is -0.491 e. The average Bonchev–Trinajstić information content (AvgIpc) is 3.26. The number of nitrogens with two attached hydrogens (primary N) is 1. The van der Waals surface area contributed by atoms with Gasteiger partial charge < -0.3 is 20.2 Å². The minimum atomic E-state index is 0.447. The van der Waals surface area contributed by atoms with Gasteiger partial charge in [0.15, 0.2) is 5.75 Å². The Morgan fingerprint density at radius 2 is 1.96 bits per heavy atom. The van der Waals surface area contributed by atoms with Gasteiger partial charge in [-0.25, -0.2) is 4.98 Å². The van der Waals surface area contributed by atoms with Gasteiger partial charge in [0, 0.05) is 28.2 Å². The first-order valence-corrected chi connectivity index (χ1v) is 8.31. The number of fused-ring (bicyclic) bond motifs is 1. The van der Waals surface area contributed by atoms with E-state index < -0.39 is 0 Å². The van der Waals surface area contributed by atoms with Gasteiger partial charge in [-0.3, -0.25) is 0 Å². The van der Waals surface area contributed by atoms with Crippen LogP contribution in [0.15, 0.2) is 36.5 Å². The van der Waals surface area contributed by atoms with Crippen molar-refractivity contribution in [2.75, 3.05) is 20.0 Å². The van der Waals surface area contributed by atoms with E-state index in [1.165, 1.54) is 11.3 Å². The van der Waals surface area contributed by atoms with Crippen LogP contribution in [0, 0.1) is 0 Å². The van der Waals surface area contributed by atoms with Crippen molar-refractivity contribution < 1.29 is 9.47 Å². The summed E-state index contributed by atoms with van der Waals surface area (Å²) in [5.41, 5.74) is 9.42. The largest absolute Gasteiger partial charge is 0.491 e. The highest BCUT2D eigenvalue weighted by molar-refractivity contribution is 7.18. The Morgan fingerprint density at radius 3 is 2.68 bits per heavy atom. The maximum absolute atomic E-state index is 5.69. The van der Waals surface area contributed by atoms with Gasteiger partial charge in [0.1, 0.15) is 5.01 Å². The number of aromatic nitrogens is 4. The highest BCUT2D eigenvalue weighted by Gasteiger charge is 2.13. The van der Waals surface area contributed by atoms with Crippen molar-refractivity contribution >= 4 is 27.4 Å². The van der Waals surface area contributed by atoms with Gasteiger partial charge in [-0.15, -0.1) is 10.2 Å². The second-order valence-corrected chi connectivity index (χ2v) is 6.33. The first-order chi connectivity index (χ1) is 12.2. The maximum atomic E-state index is 5.69. The van der Waals surface area contributed by atoms with E-state index in [1.54, 1.807) is 14.2 Å². The van der Waals surface area contributed by atoms with Gasteiger partial charge in [-0.05, 0) is 30.3 Å². The highest BCUT2D eigenvalue weighted by atomic mass is 32.1. The fraction of sp³-hybridized carbons (Fsp3) is 0.118. The molecule has 0 radical (unpaired) electrons. The van der Waals surface area contributed by atoms with Crippen molar-refractivity contribution in [1.82, 2.24) is 20.2 Å². The molecular weight excluding hydrogens is 338 g/mol. The van der Waals surface area contributed by atoms with Crippen LogP contribution >= 0.6 is 11.3 Å². The van der Waals surface area contributed by atoms with Crippen LogP contribution < -0.4 is 15.2 Å². The second-order valence-electron chi connectivity index (χ2n) is 5.32. The van der Waals surface area contributed by atoms with E-state index in [1.807, 2.05) is 30.5 Å². The van der Waals surface area contributed by atoms with E-state index in [-0.39, 0.29) is 0 Å². The molecule has 0 aliphatic rings. The number of benzene rings is 1. The van der Waals surface area contributed by atoms with Gasteiger partial charge in [0.2, 0.25) is 5.13 Å². The molecule has 0 fully saturated rings. The molecule has 8 heteroatoms. The van der Waals surface area contributed by atoms with Crippen LogP contribution in [0.1, 0.15) is 0 Å². The molecule has 1 aromatic carbocycles. The molecule has 3 heterocycles. The van der Waals surface area contributed by atoms with E-state index in [0.717, 1.165) is 32.7 Å². The Bertz CT molecular complexity index is 1060. The maximum Gasteiger partial charge on any atom is 0.257 e. The number of methoxy groups -OCH3 is 2. The van der Waals surface area contributed by atoms with Crippen LogP contribution in [-0.2, 0) is 0 Å². The van der Waals surface area contributed by atoms with Crippen molar-refractivity contribution in [2.45, 2.75) is 0 Å². The molecule has 4 aromatic rings. The molecule has 0 spiro atoms. The first-order valence-electron chi connectivity index (χ1n) is 7.49. The monoisotopic (exact) mass is 353 g/mol. The molecule has 3 N–H and O–H groups in total. The number of rotatable bonds is 4. The summed E-state index contributed by atoms with van der Waals surface area (Å²) >= 11 is 1.36. The number of H-pyrrole nitrogens is 1. The van der Waals surface area contributed by atoms with E-state index >= 15 is 0 Å². The molecular formula is C17H15N5O2S. The molecule has 0 atom stereocenters. The Labute approximate surface area is 147 Å². The van der Waals surface area contributed by atoms with Gasteiger partial charge in [-0.2, -0.15) is 0 Å². The van der Waals surface area contributed by atoms with Crippen LogP contribution in [0.5, 0.6) is 11.6 Å². The van der Waals surface area contributed by atoms with Crippen molar-refractivity contribution in [3.63, 3.8) is 0 Å². The number of ether oxygens (including phenoxy) is 2. The molecule has 0 bridgehead atoms. The van der Waals surface area contributed by atoms with E-state index in [2.05, 4.69) is 26.2 Å². The lowest BCUT2D eigenvalue weighted by atomic mass is 10.1.